The van der Waals surface area contributed by atoms with Crippen molar-refractivity contribution in [2.75, 3.05) is 0 Å². The molecule has 1 fully saturated rings. The maximum Gasteiger partial charge on any atom is 0.106 e. The van der Waals surface area contributed by atoms with Gasteiger partial charge in [0.1, 0.15) is 6.10 Å². The van der Waals surface area contributed by atoms with E-state index < -0.39 is 8.07 Å². The first kappa shape index (κ1) is 8.97. The molecule has 0 amide bonds. The minimum absolute atomic E-state index is 0.396. The van der Waals surface area contributed by atoms with Crippen molar-refractivity contribution in [3.05, 3.63) is 35.9 Å². The van der Waals surface area contributed by atoms with Gasteiger partial charge in [-0.15, -0.1) is 0 Å². The van der Waals surface area contributed by atoms with Crippen LogP contribution >= 0.6 is 0 Å². The summed E-state index contributed by atoms with van der Waals surface area (Å²) in [4.78, 5) is 0. The normalized spacial score (nSPS) is 27.3. The monoisotopic (exact) mass is 192 g/mol. The lowest BCUT2D eigenvalue weighted by atomic mass is 10.2. The topological polar surface area (TPSA) is 12.5 Å². The summed E-state index contributed by atoms with van der Waals surface area (Å²) in [6.07, 6.45) is 0.396. The van der Waals surface area contributed by atoms with Crippen molar-refractivity contribution in [2.24, 2.45) is 0 Å². The van der Waals surface area contributed by atoms with E-state index in [4.69, 9.17) is 4.74 Å². The van der Waals surface area contributed by atoms with E-state index in [0.717, 1.165) is 0 Å². The van der Waals surface area contributed by atoms with Gasteiger partial charge < -0.3 is 4.74 Å². The van der Waals surface area contributed by atoms with Crippen LogP contribution in [0.2, 0.25) is 19.6 Å². The van der Waals surface area contributed by atoms with Gasteiger partial charge in [-0.3, -0.25) is 0 Å². The van der Waals surface area contributed by atoms with Crippen LogP contribution in [0.25, 0.3) is 0 Å². The number of hydrogen-bond donors (Lipinski definition) is 0. The zero-order chi connectivity index (χ0) is 9.47. The number of rotatable bonds is 2. The van der Waals surface area contributed by atoms with Gasteiger partial charge in [0.25, 0.3) is 0 Å². The Morgan fingerprint density at radius 2 is 1.69 bits per heavy atom. The van der Waals surface area contributed by atoms with E-state index in [2.05, 4.69) is 50.0 Å². The summed E-state index contributed by atoms with van der Waals surface area (Å²) >= 11 is 0. The number of benzene rings is 1. The molecule has 70 valence electrons. The smallest absolute Gasteiger partial charge is 0.106 e. The zero-order valence-electron chi connectivity index (χ0n) is 8.45. The average molecular weight is 192 g/mol. The molecule has 1 nitrogen and oxygen atoms in total. The third-order valence-electron chi connectivity index (χ3n) is 2.47. The molecule has 0 bridgehead atoms. The highest BCUT2D eigenvalue weighted by atomic mass is 28.3. The summed E-state index contributed by atoms with van der Waals surface area (Å²) < 4.78 is 5.73. The van der Waals surface area contributed by atoms with Crippen molar-refractivity contribution in [1.29, 1.82) is 0 Å². The highest BCUT2D eigenvalue weighted by Gasteiger charge is 2.48. The molecule has 0 N–H and O–H groups in total. The molecule has 0 spiro atoms. The summed E-state index contributed by atoms with van der Waals surface area (Å²) in [5, 5.41) is 0. The Labute approximate surface area is 80.7 Å². The molecule has 0 saturated carbocycles. The number of ether oxygens (including phenoxy) is 1. The fourth-order valence-electron chi connectivity index (χ4n) is 1.67. The summed E-state index contributed by atoms with van der Waals surface area (Å²) in [7, 11) is -1.09. The van der Waals surface area contributed by atoms with Crippen LogP contribution in [0.1, 0.15) is 11.7 Å². The first-order valence-electron chi connectivity index (χ1n) is 4.79. The van der Waals surface area contributed by atoms with Gasteiger partial charge in [0.15, 0.2) is 0 Å². The lowest BCUT2D eigenvalue weighted by molar-refractivity contribution is 0.400. The Morgan fingerprint density at radius 1 is 1.08 bits per heavy atom. The van der Waals surface area contributed by atoms with Crippen molar-refractivity contribution < 1.29 is 4.74 Å². The lowest BCUT2D eigenvalue weighted by Gasteiger charge is -2.11. The molecule has 0 aromatic heterocycles. The molecule has 2 atom stereocenters. The van der Waals surface area contributed by atoms with E-state index in [9.17, 15) is 0 Å². The maximum absolute atomic E-state index is 5.73. The average Bonchev–Trinajstić information content (AvgIpc) is 2.83. The molecule has 1 aromatic carbocycles. The van der Waals surface area contributed by atoms with Crippen LogP contribution < -0.4 is 0 Å². The number of epoxide rings is 1. The third-order valence-corrected chi connectivity index (χ3v) is 4.62. The van der Waals surface area contributed by atoms with Gasteiger partial charge in [-0.1, -0.05) is 50.0 Å². The van der Waals surface area contributed by atoms with E-state index in [1.807, 2.05) is 0 Å². The standard InChI is InChI=1S/C11H16OSi/c1-13(2,3)11-10(12-11)9-7-5-4-6-8-9/h4-8,10-11H,1-3H3/t10-,11-/m1/s1. The summed E-state index contributed by atoms with van der Waals surface area (Å²) in [6.45, 7) is 7.09. The van der Waals surface area contributed by atoms with Crippen molar-refractivity contribution in [1.82, 2.24) is 0 Å². The second kappa shape index (κ2) is 2.96. The van der Waals surface area contributed by atoms with Crippen LogP contribution in [0, 0.1) is 0 Å². The minimum atomic E-state index is -1.09. The zero-order valence-corrected chi connectivity index (χ0v) is 9.45. The van der Waals surface area contributed by atoms with Gasteiger partial charge in [0, 0.05) is 0 Å². The van der Waals surface area contributed by atoms with Gasteiger partial charge in [0.05, 0.1) is 13.8 Å². The van der Waals surface area contributed by atoms with Crippen LogP contribution in [-0.4, -0.2) is 13.8 Å². The third kappa shape index (κ3) is 1.84. The molecule has 0 unspecified atom stereocenters. The van der Waals surface area contributed by atoms with Crippen LogP contribution in [0.15, 0.2) is 30.3 Å². The minimum Gasteiger partial charge on any atom is -0.368 e. The molecule has 1 aliphatic rings. The first-order chi connectivity index (χ1) is 6.09. The Bertz CT molecular complexity index is 289. The summed E-state index contributed by atoms with van der Waals surface area (Å²) in [5.74, 6) is 0. The van der Waals surface area contributed by atoms with Crippen LogP contribution in [0.5, 0.6) is 0 Å². The van der Waals surface area contributed by atoms with E-state index in [-0.39, 0.29) is 0 Å². The first-order valence-corrected chi connectivity index (χ1v) is 8.37. The van der Waals surface area contributed by atoms with Gasteiger partial charge in [-0.2, -0.15) is 0 Å². The van der Waals surface area contributed by atoms with Gasteiger partial charge in [-0.25, -0.2) is 0 Å². The molecule has 2 rings (SSSR count). The highest BCUT2D eigenvalue weighted by Crippen LogP contribution is 2.43. The SMILES string of the molecule is C[Si](C)(C)[C@H]1O[C@@H]1c1ccccc1. The molecule has 0 aliphatic carbocycles. The van der Waals surface area contributed by atoms with E-state index in [0.29, 0.717) is 11.8 Å². The Balaban J connectivity index is 2.09. The van der Waals surface area contributed by atoms with Gasteiger partial charge >= 0.3 is 0 Å². The second-order valence-corrected chi connectivity index (χ2v) is 10.1. The van der Waals surface area contributed by atoms with Crippen LogP contribution in [-0.2, 0) is 4.74 Å². The van der Waals surface area contributed by atoms with Crippen molar-refractivity contribution in [2.45, 2.75) is 31.5 Å². The largest absolute Gasteiger partial charge is 0.368 e. The molecule has 1 heterocycles. The molecule has 2 heteroatoms. The fourth-order valence-corrected chi connectivity index (χ4v) is 3.32. The van der Waals surface area contributed by atoms with Crippen LogP contribution in [0.4, 0.5) is 0 Å². The van der Waals surface area contributed by atoms with E-state index in [1.165, 1.54) is 5.56 Å². The fraction of sp³-hybridized carbons (Fsp3) is 0.455. The highest BCUT2D eigenvalue weighted by molar-refractivity contribution is 6.78. The number of hydrogen-bond acceptors (Lipinski definition) is 1. The molecule has 0 radical (unpaired) electrons. The van der Waals surface area contributed by atoms with Crippen molar-refractivity contribution >= 4 is 8.07 Å². The molecule has 1 aliphatic heterocycles. The Kier molecular flexibility index (Phi) is 2.04. The summed E-state index contributed by atoms with van der Waals surface area (Å²) in [5.41, 5.74) is 1.88. The van der Waals surface area contributed by atoms with Gasteiger partial charge in [-0.05, 0) is 5.56 Å². The molecular weight excluding hydrogens is 176 g/mol. The Hall–Kier alpha value is -0.603. The van der Waals surface area contributed by atoms with Crippen molar-refractivity contribution in [3.8, 4) is 0 Å². The maximum atomic E-state index is 5.73. The van der Waals surface area contributed by atoms with E-state index >= 15 is 0 Å². The predicted molar refractivity (Wildman–Crippen MR) is 57.4 cm³/mol. The van der Waals surface area contributed by atoms with Gasteiger partial charge in [0.2, 0.25) is 0 Å². The Morgan fingerprint density at radius 3 is 2.15 bits per heavy atom. The van der Waals surface area contributed by atoms with Crippen molar-refractivity contribution in [3.63, 3.8) is 0 Å². The molecule has 1 saturated heterocycles. The lowest BCUT2D eigenvalue weighted by Crippen LogP contribution is -2.29. The van der Waals surface area contributed by atoms with E-state index in [1.54, 1.807) is 0 Å². The molecular formula is C11H16OSi. The van der Waals surface area contributed by atoms with Crippen LogP contribution in [0.3, 0.4) is 0 Å². The second-order valence-electron chi connectivity index (χ2n) is 4.75. The summed E-state index contributed by atoms with van der Waals surface area (Å²) in [6, 6.07) is 10.5. The molecule has 1 aromatic rings. The predicted octanol–water partition coefficient (Wildman–Crippen LogP) is 3.00. The molecule has 13 heavy (non-hydrogen) atoms. The quantitative estimate of drug-likeness (QED) is 0.518.